The van der Waals surface area contributed by atoms with E-state index in [0.717, 1.165) is 21.8 Å². The number of hydrogen-bond donors (Lipinski definition) is 0. The van der Waals surface area contributed by atoms with Gasteiger partial charge in [0.15, 0.2) is 0 Å². The summed E-state index contributed by atoms with van der Waals surface area (Å²) in [4.78, 5) is 0. The first kappa shape index (κ1) is 14.6. The van der Waals surface area contributed by atoms with Crippen LogP contribution in [0.25, 0.3) is 0 Å². The fourth-order valence-corrected chi connectivity index (χ4v) is 2.47. The Morgan fingerprint density at radius 3 is 2.40 bits per heavy atom. The topological polar surface area (TPSA) is 26.3 Å². The van der Waals surface area contributed by atoms with E-state index in [-0.39, 0.29) is 6.04 Å². The molecule has 2 aliphatic rings. The standard InChI is InChI=1S/C18H22NO/c1-11-7-8-18(16(6)15(11)5)19(20)17-9-12(2)14(4)13(3)10-17/h7-10,14,18H,2,6H2,1,3-5H3/q-1. The lowest BCUT2D eigenvalue weighted by Gasteiger charge is -2.42. The molecule has 2 nitrogen and oxygen atoms in total. The van der Waals surface area contributed by atoms with Crippen molar-refractivity contribution >= 4 is 0 Å². The highest BCUT2D eigenvalue weighted by atomic mass is 16.5. The van der Waals surface area contributed by atoms with Crippen LogP contribution in [0.1, 0.15) is 27.7 Å². The molecule has 20 heavy (non-hydrogen) atoms. The second-order valence-corrected chi connectivity index (χ2v) is 5.72. The van der Waals surface area contributed by atoms with Crippen LogP contribution in [-0.2, 0) is 0 Å². The summed E-state index contributed by atoms with van der Waals surface area (Å²) in [7, 11) is 0. The van der Waals surface area contributed by atoms with Crippen LogP contribution in [0.2, 0.25) is 0 Å². The Morgan fingerprint density at radius 1 is 1.15 bits per heavy atom. The van der Waals surface area contributed by atoms with Crippen molar-refractivity contribution in [1.82, 2.24) is 5.06 Å². The van der Waals surface area contributed by atoms with Gasteiger partial charge >= 0.3 is 0 Å². The Balaban J connectivity index is 2.28. The Labute approximate surface area is 121 Å². The van der Waals surface area contributed by atoms with Crippen molar-refractivity contribution in [3.05, 3.63) is 76.2 Å². The zero-order valence-electron chi connectivity index (χ0n) is 12.7. The third kappa shape index (κ3) is 2.44. The lowest BCUT2D eigenvalue weighted by molar-refractivity contribution is 0.443. The summed E-state index contributed by atoms with van der Waals surface area (Å²) in [6.45, 7) is 16.3. The van der Waals surface area contributed by atoms with Gasteiger partial charge in [0.05, 0.1) is 6.04 Å². The molecule has 2 rings (SSSR count). The molecular formula is C18H22NO-. The largest absolute Gasteiger partial charge is 0.758 e. The highest BCUT2D eigenvalue weighted by Gasteiger charge is 2.21. The van der Waals surface area contributed by atoms with Crippen molar-refractivity contribution in [1.29, 1.82) is 0 Å². The van der Waals surface area contributed by atoms with Crippen LogP contribution in [0.3, 0.4) is 0 Å². The summed E-state index contributed by atoms with van der Waals surface area (Å²) in [6.07, 6.45) is 7.75. The molecule has 0 aliphatic heterocycles. The van der Waals surface area contributed by atoms with E-state index < -0.39 is 0 Å². The highest BCUT2D eigenvalue weighted by molar-refractivity contribution is 5.49. The Hall–Kier alpha value is -1.80. The van der Waals surface area contributed by atoms with Gasteiger partial charge in [0.25, 0.3) is 0 Å². The molecule has 0 amide bonds. The average molecular weight is 268 g/mol. The molecule has 0 aromatic rings. The van der Waals surface area contributed by atoms with Crippen molar-refractivity contribution in [3.8, 4) is 0 Å². The molecule has 0 radical (unpaired) electrons. The molecule has 0 fully saturated rings. The van der Waals surface area contributed by atoms with Crippen molar-refractivity contribution < 1.29 is 0 Å². The molecule has 0 bridgehead atoms. The predicted octanol–water partition coefficient (Wildman–Crippen LogP) is 4.65. The van der Waals surface area contributed by atoms with Crippen molar-refractivity contribution in [2.24, 2.45) is 5.92 Å². The highest BCUT2D eigenvalue weighted by Crippen LogP contribution is 2.32. The molecule has 0 saturated heterocycles. The lowest BCUT2D eigenvalue weighted by Crippen LogP contribution is -2.31. The molecule has 0 aromatic heterocycles. The second-order valence-electron chi connectivity index (χ2n) is 5.72. The third-order valence-corrected chi connectivity index (χ3v) is 4.41. The van der Waals surface area contributed by atoms with Gasteiger partial charge in [0.1, 0.15) is 0 Å². The van der Waals surface area contributed by atoms with Gasteiger partial charge in [0.2, 0.25) is 0 Å². The maximum atomic E-state index is 12.6. The van der Waals surface area contributed by atoms with Crippen LogP contribution in [0.4, 0.5) is 0 Å². The molecule has 2 aliphatic carbocycles. The first-order valence-corrected chi connectivity index (χ1v) is 6.92. The summed E-state index contributed by atoms with van der Waals surface area (Å²) >= 11 is 0. The molecule has 0 spiro atoms. The maximum absolute atomic E-state index is 12.6. The Kier molecular flexibility index (Phi) is 3.87. The molecule has 0 aromatic carbocycles. The monoisotopic (exact) mass is 268 g/mol. The molecule has 0 heterocycles. The zero-order valence-corrected chi connectivity index (χ0v) is 12.7. The van der Waals surface area contributed by atoms with E-state index in [1.54, 1.807) is 0 Å². The number of hydrogen-bond acceptors (Lipinski definition) is 2. The average Bonchev–Trinajstić information content (AvgIpc) is 2.41. The summed E-state index contributed by atoms with van der Waals surface area (Å²) in [6, 6.07) is -0.324. The molecule has 106 valence electrons. The van der Waals surface area contributed by atoms with Gasteiger partial charge in [-0.1, -0.05) is 37.8 Å². The van der Waals surface area contributed by atoms with Gasteiger partial charge in [-0.15, -0.1) is 0 Å². The van der Waals surface area contributed by atoms with E-state index >= 15 is 0 Å². The number of rotatable bonds is 2. The quantitative estimate of drug-likeness (QED) is 0.681. The van der Waals surface area contributed by atoms with Crippen LogP contribution >= 0.6 is 0 Å². The van der Waals surface area contributed by atoms with Crippen LogP contribution in [0.15, 0.2) is 71.0 Å². The summed E-state index contributed by atoms with van der Waals surface area (Å²) in [5, 5.41) is 13.7. The minimum absolute atomic E-state index is 0.307. The summed E-state index contributed by atoms with van der Waals surface area (Å²) < 4.78 is 0. The van der Waals surface area contributed by atoms with Gasteiger partial charge in [-0.25, -0.2) is 0 Å². The van der Waals surface area contributed by atoms with Gasteiger partial charge in [0, 0.05) is 11.6 Å². The smallest absolute Gasteiger partial charge is 0.0619 e. The van der Waals surface area contributed by atoms with Crippen LogP contribution in [-0.4, -0.2) is 11.1 Å². The van der Waals surface area contributed by atoms with E-state index in [1.807, 2.05) is 45.1 Å². The minimum atomic E-state index is -0.324. The second kappa shape index (κ2) is 5.29. The fourth-order valence-electron chi connectivity index (χ4n) is 2.47. The van der Waals surface area contributed by atoms with Gasteiger partial charge in [-0.05, 0) is 55.2 Å². The Morgan fingerprint density at radius 2 is 1.80 bits per heavy atom. The zero-order chi connectivity index (χ0) is 15.0. The van der Waals surface area contributed by atoms with Crippen molar-refractivity contribution in [3.63, 3.8) is 0 Å². The fraction of sp³-hybridized carbons (Fsp3) is 0.333. The van der Waals surface area contributed by atoms with Gasteiger partial charge in [-0.2, -0.15) is 0 Å². The molecule has 2 heteroatoms. The number of nitrogens with zero attached hydrogens (tertiary/aromatic N) is 1. The van der Waals surface area contributed by atoms with Gasteiger partial charge < -0.3 is 10.3 Å². The summed E-state index contributed by atoms with van der Waals surface area (Å²) in [5.41, 5.74) is 5.95. The molecule has 2 atom stereocenters. The van der Waals surface area contributed by atoms with Crippen molar-refractivity contribution in [2.75, 3.05) is 0 Å². The maximum Gasteiger partial charge on any atom is 0.0619 e. The van der Waals surface area contributed by atoms with Crippen LogP contribution in [0.5, 0.6) is 0 Å². The van der Waals surface area contributed by atoms with Crippen molar-refractivity contribution in [2.45, 2.75) is 33.7 Å². The van der Waals surface area contributed by atoms with E-state index in [2.05, 4.69) is 20.1 Å². The normalized spacial score (nSPS) is 26.6. The molecule has 2 unspecified atom stereocenters. The predicted molar refractivity (Wildman–Crippen MR) is 85.8 cm³/mol. The molecular weight excluding hydrogens is 246 g/mol. The van der Waals surface area contributed by atoms with E-state index in [0.29, 0.717) is 11.6 Å². The number of allylic oxidation sites excluding steroid dienone is 6. The Bertz CT molecular complexity index is 587. The SMILES string of the molecule is C=C1C=C(N([O-])C2C=CC(C)=C(C)C2=C)C=C(C)C1C. The van der Waals surface area contributed by atoms with E-state index in [1.165, 1.54) is 11.1 Å². The first-order chi connectivity index (χ1) is 9.32. The third-order valence-electron chi connectivity index (χ3n) is 4.41. The first-order valence-electron chi connectivity index (χ1n) is 6.92. The lowest BCUT2D eigenvalue weighted by atomic mass is 9.87. The van der Waals surface area contributed by atoms with E-state index in [9.17, 15) is 5.21 Å². The van der Waals surface area contributed by atoms with Gasteiger partial charge in [-0.3, -0.25) is 0 Å². The number of hydroxylamine groups is 2. The van der Waals surface area contributed by atoms with Crippen LogP contribution < -0.4 is 0 Å². The van der Waals surface area contributed by atoms with E-state index in [4.69, 9.17) is 0 Å². The molecule has 0 N–H and O–H groups in total. The summed E-state index contributed by atoms with van der Waals surface area (Å²) in [5.74, 6) is 0.307. The molecule has 0 saturated carbocycles. The van der Waals surface area contributed by atoms with Crippen LogP contribution in [0, 0.1) is 11.1 Å². The minimum Gasteiger partial charge on any atom is -0.758 e.